The quantitative estimate of drug-likeness (QED) is 0.753. The molecular weight excluding hydrogens is 354 g/mol. The molecule has 7 nitrogen and oxygen atoms in total. The van der Waals surface area contributed by atoms with Crippen molar-refractivity contribution in [3.63, 3.8) is 0 Å². The summed E-state index contributed by atoms with van der Waals surface area (Å²) in [5.74, 6) is 5.36. The van der Waals surface area contributed by atoms with Crippen LogP contribution in [0.4, 0.5) is 0 Å². The fraction of sp³-hybridized carbons (Fsp3) is 0.810. The van der Waals surface area contributed by atoms with Gasteiger partial charge in [-0.15, -0.1) is 0 Å². The third kappa shape index (κ3) is 2.98. The van der Waals surface area contributed by atoms with Crippen LogP contribution in [0.25, 0.3) is 0 Å². The summed E-state index contributed by atoms with van der Waals surface area (Å²) in [7, 11) is 0. The molecule has 0 unspecified atom stereocenters. The number of aromatic nitrogens is 4. The Kier molecular flexibility index (Phi) is 4.07. The Morgan fingerprint density at radius 2 is 1.86 bits per heavy atom. The number of hydrogen-bond donors (Lipinski definition) is 0. The first-order valence-corrected chi connectivity index (χ1v) is 11.2. The zero-order valence-electron chi connectivity index (χ0n) is 16.5. The lowest BCUT2D eigenvalue weighted by atomic mass is 9.80. The summed E-state index contributed by atoms with van der Waals surface area (Å²) in [6, 6.07) is 0. The number of fused-ring (bicyclic) bond motifs is 1. The van der Waals surface area contributed by atoms with Crippen LogP contribution in [0, 0.1) is 11.8 Å². The van der Waals surface area contributed by atoms with Crippen LogP contribution in [0.1, 0.15) is 87.1 Å². The van der Waals surface area contributed by atoms with E-state index in [0.29, 0.717) is 11.8 Å². The predicted molar refractivity (Wildman–Crippen MR) is 101 cm³/mol. The molecule has 3 saturated carbocycles. The summed E-state index contributed by atoms with van der Waals surface area (Å²) in [6.45, 7) is 2.76. The first kappa shape index (κ1) is 17.1. The smallest absolute Gasteiger partial charge is 0.240 e. The van der Waals surface area contributed by atoms with E-state index in [0.717, 1.165) is 61.8 Å². The molecule has 6 rings (SSSR count). The molecule has 0 radical (unpaired) electrons. The molecule has 2 aromatic rings. The highest BCUT2D eigenvalue weighted by atomic mass is 16.5. The summed E-state index contributed by atoms with van der Waals surface area (Å²) in [5, 5.41) is 8.58. The van der Waals surface area contributed by atoms with Gasteiger partial charge in [0.2, 0.25) is 11.8 Å². The standard InChI is InChI=1S/C21H29N5O2/c1-2-5-15(4-1)19-23-18(27-25-19)12-26-11-16-6-3-9-21(16,13-26)20-22-17(24-28-20)10-14-7-8-14/h14-16H,1-13H2/t16-,21-/m1/s1. The molecule has 0 bridgehead atoms. The molecule has 1 saturated heterocycles. The molecule has 4 fully saturated rings. The average molecular weight is 383 g/mol. The Morgan fingerprint density at radius 3 is 2.71 bits per heavy atom. The second-order valence-corrected chi connectivity index (χ2v) is 9.61. The zero-order chi connectivity index (χ0) is 18.6. The fourth-order valence-electron chi connectivity index (χ4n) is 5.86. The second kappa shape index (κ2) is 6.65. The molecule has 2 aromatic heterocycles. The van der Waals surface area contributed by atoms with E-state index in [1.54, 1.807) is 0 Å². The molecule has 4 aliphatic rings. The summed E-state index contributed by atoms with van der Waals surface area (Å²) in [5.41, 5.74) is 0.0309. The zero-order valence-corrected chi connectivity index (χ0v) is 16.5. The van der Waals surface area contributed by atoms with Gasteiger partial charge in [-0.05, 0) is 50.4 Å². The molecule has 3 aliphatic carbocycles. The van der Waals surface area contributed by atoms with Crippen LogP contribution in [-0.2, 0) is 18.4 Å². The normalized spacial score (nSPS) is 31.1. The van der Waals surface area contributed by atoms with E-state index < -0.39 is 0 Å². The number of nitrogens with zero attached hydrogens (tertiary/aromatic N) is 5. The van der Waals surface area contributed by atoms with Crippen LogP contribution in [0.3, 0.4) is 0 Å². The Hall–Kier alpha value is -1.76. The molecule has 0 spiro atoms. The highest BCUT2D eigenvalue weighted by Gasteiger charge is 2.54. The number of hydrogen-bond acceptors (Lipinski definition) is 7. The lowest BCUT2D eigenvalue weighted by Crippen LogP contribution is -2.32. The van der Waals surface area contributed by atoms with Gasteiger partial charge in [-0.2, -0.15) is 9.97 Å². The van der Waals surface area contributed by atoms with Gasteiger partial charge in [0.15, 0.2) is 11.6 Å². The summed E-state index contributed by atoms with van der Waals surface area (Å²) >= 11 is 0. The van der Waals surface area contributed by atoms with Crippen LogP contribution in [-0.4, -0.2) is 38.3 Å². The van der Waals surface area contributed by atoms with Crippen LogP contribution in [0.5, 0.6) is 0 Å². The van der Waals surface area contributed by atoms with E-state index in [1.165, 1.54) is 51.4 Å². The van der Waals surface area contributed by atoms with Crippen molar-refractivity contribution >= 4 is 0 Å². The van der Waals surface area contributed by atoms with E-state index in [2.05, 4.69) is 15.2 Å². The summed E-state index contributed by atoms with van der Waals surface area (Å²) in [6.07, 6.45) is 12.3. The molecule has 2 atom stereocenters. The number of likely N-dealkylation sites (tertiary alicyclic amines) is 1. The monoisotopic (exact) mass is 383 g/mol. The minimum absolute atomic E-state index is 0.0309. The second-order valence-electron chi connectivity index (χ2n) is 9.61. The van der Waals surface area contributed by atoms with Gasteiger partial charge in [0.25, 0.3) is 0 Å². The minimum atomic E-state index is 0.0309. The van der Waals surface area contributed by atoms with Crippen molar-refractivity contribution in [1.82, 2.24) is 25.2 Å². The van der Waals surface area contributed by atoms with Crippen LogP contribution in [0.2, 0.25) is 0 Å². The maximum Gasteiger partial charge on any atom is 0.240 e. The highest BCUT2D eigenvalue weighted by Crippen LogP contribution is 2.50. The van der Waals surface area contributed by atoms with Crippen molar-refractivity contribution in [3.05, 3.63) is 23.4 Å². The van der Waals surface area contributed by atoms with Crippen LogP contribution < -0.4 is 0 Å². The first-order chi connectivity index (χ1) is 13.8. The molecular formula is C21H29N5O2. The van der Waals surface area contributed by atoms with Gasteiger partial charge >= 0.3 is 0 Å². The Labute approximate surface area is 165 Å². The molecule has 0 amide bonds. The van der Waals surface area contributed by atoms with Crippen molar-refractivity contribution in [2.75, 3.05) is 13.1 Å². The predicted octanol–water partition coefficient (Wildman–Crippen LogP) is 3.62. The first-order valence-electron chi connectivity index (χ1n) is 11.2. The molecule has 1 aliphatic heterocycles. The van der Waals surface area contributed by atoms with Gasteiger partial charge in [0.05, 0.1) is 12.0 Å². The van der Waals surface area contributed by atoms with Crippen LogP contribution >= 0.6 is 0 Å². The highest BCUT2D eigenvalue weighted by molar-refractivity contribution is 5.17. The van der Waals surface area contributed by atoms with E-state index >= 15 is 0 Å². The SMILES string of the molecule is C1CCC(c2noc(CN3C[C@H]4CCC[C@@]4(c4nc(CC5CC5)no4)C3)n2)C1. The lowest BCUT2D eigenvalue weighted by Gasteiger charge is -2.24. The van der Waals surface area contributed by atoms with Gasteiger partial charge in [0.1, 0.15) is 0 Å². The summed E-state index contributed by atoms with van der Waals surface area (Å²) < 4.78 is 11.4. The number of rotatable bonds is 6. The van der Waals surface area contributed by atoms with Crippen molar-refractivity contribution in [2.24, 2.45) is 11.8 Å². The molecule has 28 heavy (non-hydrogen) atoms. The lowest BCUT2D eigenvalue weighted by molar-refractivity contribution is 0.227. The van der Waals surface area contributed by atoms with E-state index in [1.807, 2.05) is 0 Å². The molecule has 3 heterocycles. The molecule has 0 aromatic carbocycles. The molecule has 0 N–H and O–H groups in total. The van der Waals surface area contributed by atoms with Gasteiger partial charge in [-0.3, -0.25) is 4.90 Å². The Bertz CT molecular complexity index is 837. The largest absolute Gasteiger partial charge is 0.339 e. The topological polar surface area (TPSA) is 81.1 Å². The molecule has 7 heteroatoms. The van der Waals surface area contributed by atoms with Crippen molar-refractivity contribution in [3.8, 4) is 0 Å². The van der Waals surface area contributed by atoms with Crippen LogP contribution in [0.15, 0.2) is 9.05 Å². The van der Waals surface area contributed by atoms with Gasteiger partial charge < -0.3 is 9.05 Å². The fourth-order valence-corrected chi connectivity index (χ4v) is 5.86. The maximum atomic E-state index is 5.81. The minimum Gasteiger partial charge on any atom is -0.339 e. The van der Waals surface area contributed by atoms with E-state index in [4.69, 9.17) is 19.0 Å². The van der Waals surface area contributed by atoms with Gasteiger partial charge in [-0.1, -0.05) is 29.6 Å². The van der Waals surface area contributed by atoms with E-state index in [-0.39, 0.29) is 5.41 Å². The van der Waals surface area contributed by atoms with Crippen molar-refractivity contribution in [1.29, 1.82) is 0 Å². The third-order valence-corrected chi connectivity index (χ3v) is 7.57. The summed E-state index contributed by atoms with van der Waals surface area (Å²) in [4.78, 5) is 12.0. The van der Waals surface area contributed by atoms with Crippen molar-refractivity contribution in [2.45, 2.75) is 82.1 Å². The Balaban J connectivity index is 1.17. The Morgan fingerprint density at radius 1 is 0.964 bits per heavy atom. The van der Waals surface area contributed by atoms with E-state index in [9.17, 15) is 0 Å². The van der Waals surface area contributed by atoms with Gasteiger partial charge in [0, 0.05) is 25.4 Å². The van der Waals surface area contributed by atoms with Crippen molar-refractivity contribution < 1.29 is 9.05 Å². The maximum absolute atomic E-state index is 5.81. The third-order valence-electron chi connectivity index (χ3n) is 7.57. The average Bonchev–Trinajstić information content (AvgIpc) is 3.22. The van der Waals surface area contributed by atoms with Gasteiger partial charge in [-0.25, -0.2) is 0 Å². The molecule has 150 valence electrons.